The maximum absolute atomic E-state index is 11.3. The van der Waals surface area contributed by atoms with Crippen molar-refractivity contribution in [2.24, 2.45) is 0 Å². The molecule has 1 aliphatic carbocycles. The highest BCUT2D eigenvalue weighted by atomic mass is 16.4. The second-order valence-electron chi connectivity index (χ2n) is 3.98. The quantitative estimate of drug-likeness (QED) is 0.567. The molecule has 0 aromatic carbocycles. The Kier molecular flexibility index (Phi) is 4.50. The van der Waals surface area contributed by atoms with E-state index >= 15 is 0 Å². The highest BCUT2D eigenvalue weighted by Crippen LogP contribution is 2.35. The number of nitrogens with zero attached hydrogens (tertiary/aromatic N) is 1. The molecule has 0 aromatic rings. The van der Waals surface area contributed by atoms with Crippen molar-refractivity contribution >= 4 is 5.97 Å². The number of β-amino-alcohol motifs (C(OH)–C–C–N with tert-alkyl or cyclic N) is 2. The molecule has 15 heavy (non-hydrogen) atoms. The minimum absolute atomic E-state index is 0.0744. The van der Waals surface area contributed by atoms with Crippen LogP contribution in [0.15, 0.2) is 0 Å². The van der Waals surface area contributed by atoms with Gasteiger partial charge in [0.2, 0.25) is 0 Å². The maximum atomic E-state index is 11.3. The van der Waals surface area contributed by atoms with Crippen LogP contribution < -0.4 is 0 Å². The van der Waals surface area contributed by atoms with Gasteiger partial charge in [-0.2, -0.15) is 0 Å². The zero-order chi connectivity index (χ0) is 11.3. The lowest BCUT2D eigenvalue weighted by Gasteiger charge is -2.37. The van der Waals surface area contributed by atoms with E-state index in [4.69, 9.17) is 10.2 Å². The van der Waals surface area contributed by atoms with E-state index in [-0.39, 0.29) is 13.2 Å². The Morgan fingerprint density at radius 1 is 1.13 bits per heavy atom. The molecule has 0 spiro atoms. The topological polar surface area (TPSA) is 81.0 Å². The lowest BCUT2D eigenvalue weighted by atomic mass is 9.95. The number of aliphatic hydroxyl groups excluding tert-OH is 2. The van der Waals surface area contributed by atoms with Gasteiger partial charge in [0.15, 0.2) is 0 Å². The fourth-order valence-corrected chi connectivity index (χ4v) is 2.41. The molecule has 0 aromatic heterocycles. The first-order chi connectivity index (χ1) is 7.17. The zero-order valence-electron chi connectivity index (χ0n) is 8.85. The summed E-state index contributed by atoms with van der Waals surface area (Å²) in [5.74, 6) is -0.832. The third kappa shape index (κ3) is 2.48. The van der Waals surface area contributed by atoms with Gasteiger partial charge in [0.25, 0.3) is 0 Å². The van der Waals surface area contributed by atoms with E-state index < -0.39 is 11.5 Å². The number of hydrogen-bond donors (Lipinski definition) is 3. The highest BCUT2D eigenvalue weighted by molar-refractivity contribution is 5.79. The lowest BCUT2D eigenvalue weighted by molar-refractivity contribution is -0.152. The van der Waals surface area contributed by atoms with Gasteiger partial charge < -0.3 is 15.3 Å². The molecule has 5 nitrogen and oxygen atoms in total. The van der Waals surface area contributed by atoms with Crippen molar-refractivity contribution in [1.29, 1.82) is 0 Å². The first-order valence-corrected chi connectivity index (χ1v) is 5.37. The summed E-state index contributed by atoms with van der Waals surface area (Å²) < 4.78 is 0. The summed E-state index contributed by atoms with van der Waals surface area (Å²) in [6.45, 7) is 0.476. The molecule has 0 saturated heterocycles. The van der Waals surface area contributed by atoms with Crippen molar-refractivity contribution in [3.8, 4) is 0 Å². The largest absolute Gasteiger partial charge is 0.480 e. The first-order valence-electron chi connectivity index (χ1n) is 5.37. The van der Waals surface area contributed by atoms with Gasteiger partial charge in [0, 0.05) is 13.1 Å². The predicted molar refractivity (Wildman–Crippen MR) is 54.6 cm³/mol. The molecule has 5 heteroatoms. The zero-order valence-corrected chi connectivity index (χ0v) is 8.85. The van der Waals surface area contributed by atoms with Crippen molar-refractivity contribution < 1.29 is 20.1 Å². The summed E-state index contributed by atoms with van der Waals surface area (Å²) in [4.78, 5) is 13.0. The van der Waals surface area contributed by atoms with E-state index in [2.05, 4.69) is 0 Å². The number of rotatable bonds is 6. The number of carboxylic acid groups (broad SMARTS) is 1. The minimum atomic E-state index is -0.856. The van der Waals surface area contributed by atoms with Crippen LogP contribution in [0, 0.1) is 0 Å². The first kappa shape index (κ1) is 12.4. The highest BCUT2D eigenvalue weighted by Gasteiger charge is 2.45. The third-order valence-electron chi connectivity index (χ3n) is 3.17. The number of aliphatic hydroxyl groups is 2. The monoisotopic (exact) mass is 217 g/mol. The molecule has 1 rings (SSSR count). The van der Waals surface area contributed by atoms with Gasteiger partial charge in [-0.05, 0) is 12.8 Å². The Morgan fingerprint density at radius 3 is 1.93 bits per heavy atom. The van der Waals surface area contributed by atoms with Gasteiger partial charge in [0.1, 0.15) is 5.54 Å². The van der Waals surface area contributed by atoms with Crippen LogP contribution in [-0.4, -0.2) is 58.0 Å². The smallest absolute Gasteiger partial charge is 0.324 e. The molecule has 3 N–H and O–H groups in total. The van der Waals surface area contributed by atoms with Crippen LogP contribution >= 0.6 is 0 Å². The fourth-order valence-electron chi connectivity index (χ4n) is 2.41. The molecule has 0 bridgehead atoms. The molecule has 1 fully saturated rings. The van der Waals surface area contributed by atoms with Crippen LogP contribution in [-0.2, 0) is 4.79 Å². The second-order valence-corrected chi connectivity index (χ2v) is 3.98. The molecular formula is C10H19NO4. The van der Waals surface area contributed by atoms with Crippen LogP contribution in [0.3, 0.4) is 0 Å². The van der Waals surface area contributed by atoms with Crippen LogP contribution in [0.1, 0.15) is 25.7 Å². The molecule has 1 aliphatic rings. The van der Waals surface area contributed by atoms with E-state index in [1.807, 2.05) is 0 Å². The van der Waals surface area contributed by atoms with E-state index in [9.17, 15) is 9.90 Å². The SMILES string of the molecule is O=C(O)C1(N(CCO)CCO)CCCC1. The lowest BCUT2D eigenvalue weighted by Crippen LogP contribution is -2.54. The second kappa shape index (κ2) is 5.44. The van der Waals surface area contributed by atoms with Crippen molar-refractivity contribution in [3.63, 3.8) is 0 Å². The van der Waals surface area contributed by atoms with Crippen LogP contribution in [0.5, 0.6) is 0 Å². The summed E-state index contributed by atoms with van der Waals surface area (Å²) >= 11 is 0. The van der Waals surface area contributed by atoms with Crippen LogP contribution in [0.4, 0.5) is 0 Å². The Labute approximate surface area is 89.3 Å². The third-order valence-corrected chi connectivity index (χ3v) is 3.17. The molecule has 0 aliphatic heterocycles. The predicted octanol–water partition coefficient (Wildman–Crippen LogP) is -0.330. The van der Waals surface area contributed by atoms with Gasteiger partial charge in [-0.1, -0.05) is 12.8 Å². The summed E-state index contributed by atoms with van der Waals surface area (Å²) in [7, 11) is 0. The molecule has 0 amide bonds. The standard InChI is InChI=1S/C10H19NO4/c12-7-5-11(6-8-13)10(9(14)15)3-1-2-4-10/h12-13H,1-8H2,(H,14,15). The van der Waals surface area contributed by atoms with Gasteiger partial charge in [-0.25, -0.2) is 0 Å². The van der Waals surface area contributed by atoms with E-state index in [1.165, 1.54) is 0 Å². The van der Waals surface area contributed by atoms with Gasteiger partial charge >= 0.3 is 5.97 Å². The minimum Gasteiger partial charge on any atom is -0.480 e. The van der Waals surface area contributed by atoms with Crippen molar-refractivity contribution in [3.05, 3.63) is 0 Å². The summed E-state index contributed by atoms with van der Waals surface area (Å²) in [5, 5.41) is 27.1. The van der Waals surface area contributed by atoms with Gasteiger partial charge in [-0.3, -0.25) is 9.69 Å². The molecule has 0 atom stereocenters. The van der Waals surface area contributed by atoms with E-state index in [0.717, 1.165) is 12.8 Å². The summed E-state index contributed by atoms with van der Waals surface area (Å²) in [6, 6.07) is 0. The van der Waals surface area contributed by atoms with Crippen LogP contribution in [0.25, 0.3) is 0 Å². The Morgan fingerprint density at radius 2 is 1.60 bits per heavy atom. The fraction of sp³-hybridized carbons (Fsp3) is 0.900. The molecule has 0 unspecified atom stereocenters. The molecule has 1 saturated carbocycles. The Balaban J connectivity index is 2.78. The number of hydrogen-bond acceptors (Lipinski definition) is 4. The molecule has 0 heterocycles. The summed E-state index contributed by atoms with van der Waals surface area (Å²) in [6.07, 6.45) is 3.03. The van der Waals surface area contributed by atoms with Gasteiger partial charge in [-0.15, -0.1) is 0 Å². The Hall–Kier alpha value is -0.650. The number of carboxylic acids is 1. The van der Waals surface area contributed by atoms with Crippen LogP contribution in [0.2, 0.25) is 0 Å². The molecule has 88 valence electrons. The normalized spacial score (nSPS) is 19.7. The van der Waals surface area contributed by atoms with Crippen molar-refractivity contribution in [2.45, 2.75) is 31.2 Å². The van der Waals surface area contributed by atoms with Crippen molar-refractivity contribution in [1.82, 2.24) is 4.90 Å². The molecular weight excluding hydrogens is 198 g/mol. The Bertz CT molecular complexity index is 207. The van der Waals surface area contributed by atoms with Gasteiger partial charge in [0.05, 0.1) is 13.2 Å². The molecule has 0 radical (unpaired) electrons. The summed E-state index contributed by atoms with van der Waals surface area (Å²) in [5.41, 5.74) is -0.856. The van der Waals surface area contributed by atoms with Crippen molar-refractivity contribution in [2.75, 3.05) is 26.3 Å². The van der Waals surface area contributed by atoms with E-state index in [1.54, 1.807) is 4.90 Å². The average Bonchev–Trinajstić information content (AvgIpc) is 2.67. The maximum Gasteiger partial charge on any atom is 0.324 e. The average molecular weight is 217 g/mol. The number of aliphatic carboxylic acids is 1. The number of carbonyl (C=O) groups is 1. The van der Waals surface area contributed by atoms with E-state index in [0.29, 0.717) is 25.9 Å².